The van der Waals surface area contributed by atoms with Crippen LogP contribution < -0.4 is 5.32 Å². The Morgan fingerprint density at radius 3 is 2.55 bits per heavy atom. The SMILES string of the molecule is CC(C)N1C(=O)CC(NCC2CN(C)CCN2C)C1=O. The Morgan fingerprint density at radius 2 is 1.95 bits per heavy atom. The van der Waals surface area contributed by atoms with E-state index >= 15 is 0 Å². The molecule has 2 heterocycles. The van der Waals surface area contributed by atoms with Crippen molar-refractivity contribution in [3.8, 4) is 0 Å². The molecule has 6 nitrogen and oxygen atoms in total. The van der Waals surface area contributed by atoms with E-state index in [1.165, 1.54) is 4.90 Å². The zero-order valence-corrected chi connectivity index (χ0v) is 12.9. The van der Waals surface area contributed by atoms with Crippen LogP contribution >= 0.6 is 0 Å². The average molecular weight is 282 g/mol. The maximum absolute atomic E-state index is 12.2. The number of hydrogen-bond acceptors (Lipinski definition) is 5. The van der Waals surface area contributed by atoms with E-state index in [0.29, 0.717) is 12.5 Å². The van der Waals surface area contributed by atoms with E-state index in [1.54, 1.807) is 0 Å². The summed E-state index contributed by atoms with van der Waals surface area (Å²) >= 11 is 0. The summed E-state index contributed by atoms with van der Waals surface area (Å²) in [7, 11) is 4.23. The van der Waals surface area contributed by atoms with Crippen LogP contribution in [0.25, 0.3) is 0 Å². The smallest absolute Gasteiger partial charge is 0.247 e. The first-order valence-corrected chi connectivity index (χ1v) is 7.38. The summed E-state index contributed by atoms with van der Waals surface area (Å²) in [6.07, 6.45) is 0.295. The lowest BCUT2D eigenvalue weighted by molar-refractivity contribution is -0.140. The molecule has 0 aromatic rings. The number of piperazine rings is 1. The van der Waals surface area contributed by atoms with E-state index < -0.39 is 0 Å². The van der Waals surface area contributed by atoms with Gasteiger partial charge in [-0.15, -0.1) is 0 Å². The molecular formula is C14H26N4O2. The van der Waals surface area contributed by atoms with Gasteiger partial charge in [0.1, 0.15) is 0 Å². The highest BCUT2D eigenvalue weighted by Gasteiger charge is 2.40. The minimum atomic E-state index is -0.342. The quantitative estimate of drug-likeness (QED) is 0.695. The zero-order chi connectivity index (χ0) is 14.9. The zero-order valence-electron chi connectivity index (χ0n) is 12.9. The molecule has 114 valence electrons. The third-order valence-corrected chi connectivity index (χ3v) is 4.28. The molecule has 2 amide bonds. The molecule has 0 aromatic carbocycles. The van der Waals surface area contributed by atoms with Crippen LogP contribution in [0.15, 0.2) is 0 Å². The van der Waals surface area contributed by atoms with Crippen LogP contribution in [0.1, 0.15) is 20.3 Å². The topological polar surface area (TPSA) is 55.9 Å². The maximum atomic E-state index is 12.2. The summed E-state index contributed by atoms with van der Waals surface area (Å²) < 4.78 is 0. The predicted molar refractivity (Wildman–Crippen MR) is 77.3 cm³/mol. The van der Waals surface area contributed by atoms with Crippen molar-refractivity contribution in [2.75, 3.05) is 40.3 Å². The third-order valence-electron chi connectivity index (χ3n) is 4.28. The summed E-state index contributed by atoms with van der Waals surface area (Å²) in [5.41, 5.74) is 0. The van der Waals surface area contributed by atoms with Crippen LogP contribution in [0.2, 0.25) is 0 Å². The van der Waals surface area contributed by atoms with Gasteiger partial charge in [-0.05, 0) is 27.9 Å². The summed E-state index contributed by atoms with van der Waals surface area (Å²) in [5.74, 6) is -0.131. The number of nitrogens with one attached hydrogen (secondary N) is 1. The van der Waals surface area contributed by atoms with Gasteiger partial charge in [-0.1, -0.05) is 0 Å². The van der Waals surface area contributed by atoms with Crippen molar-refractivity contribution < 1.29 is 9.59 Å². The van der Waals surface area contributed by atoms with Crippen LogP contribution in [-0.4, -0.2) is 84.9 Å². The van der Waals surface area contributed by atoms with Crippen LogP contribution in [-0.2, 0) is 9.59 Å². The molecule has 0 saturated carbocycles. The van der Waals surface area contributed by atoms with E-state index in [9.17, 15) is 9.59 Å². The van der Waals surface area contributed by atoms with Crippen LogP contribution in [0.5, 0.6) is 0 Å². The van der Waals surface area contributed by atoms with Crippen molar-refractivity contribution in [2.45, 2.75) is 38.4 Å². The van der Waals surface area contributed by atoms with Crippen molar-refractivity contribution in [2.24, 2.45) is 0 Å². The second-order valence-corrected chi connectivity index (χ2v) is 6.26. The lowest BCUT2D eigenvalue weighted by Crippen LogP contribution is -2.55. The molecule has 0 aromatic heterocycles. The Kier molecular flexibility index (Phi) is 4.78. The Balaban J connectivity index is 1.88. The fourth-order valence-electron chi connectivity index (χ4n) is 2.95. The third kappa shape index (κ3) is 3.19. The second-order valence-electron chi connectivity index (χ2n) is 6.26. The molecule has 2 aliphatic rings. The number of carbonyl (C=O) groups excluding carboxylic acids is 2. The first-order chi connectivity index (χ1) is 9.40. The fourth-order valence-corrected chi connectivity index (χ4v) is 2.95. The maximum Gasteiger partial charge on any atom is 0.247 e. The van der Waals surface area contributed by atoms with Gasteiger partial charge < -0.3 is 10.2 Å². The molecule has 2 fully saturated rings. The molecule has 0 radical (unpaired) electrons. The second kappa shape index (κ2) is 6.20. The van der Waals surface area contributed by atoms with Crippen molar-refractivity contribution >= 4 is 11.8 Å². The molecule has 0 aliphatic carbocycles. The molecule has 6 heteroatoms. The molecule has 1 N–H and O–H groups in total. The standard InChI is InChI=1S/C14H26N4O2/c1-10(2)18-13(19)7-12(14(18)20)15-8-11-9-16(3)5-6-17(11)4/h10-12,15H,5-9H2,1-4H3. The van der Waals surface area contributed by atoms with Gasteiger partial charge >= 0.3 is 0 Å². The van der Waals surface area contributed by atoms with Crippen molar-refractivity contribution in [3.63, 3.8) is 0 Å². The van der Waals surface area contributed by atoms with Crippen molar-refractivity contribution in [3.05, 3.63) is 0 Å². The minimum absolute atomic E-state index is 0.0507. The number of likely N-dealkylation sites (N-methyl/N-ethyl adjacent to an activating group) is 2. The summed E-state index contributed by atoms with van der Waals surface area (Å²) in [4.78, 5) is 30.0. The van der Waals surface area contributed by atoms with E-state index in [4.69, 9.17) is 0 Å². The highest BCUT2D eigenvalue weighted by Crippen LogP contribution is 2.16. The van der Waals surface area contributed by atoms with Gasteiger partial charge in [-0.3, -0.25) is 19.4 Å². The summed E-state index contributed by atoms with van der Waals surface area (Å²) in [6, 6.07) is 0.000530. The number of amides is 2. The van der Waals surface area contributed by atoms with Gasteiger partial charge in [0.2, 0.25) is 11.8 Å². The van der Waals surface area contributed by atoms with Crippen molar-refractivity contribution in [1.29, 1.82) is 0 Å². The molecule has 20 heavy (non-hydrogen) atoms. The van der Waals surface area contributed by atoms with E-state index in [0.717, 1.165) is 26.2 Å². The highest BCUT2D eigenvalue weighted by atomic mass is 16.2. The lowest BCUT2D eigenvalue weighted by Gasteiger charge is -2.38. The predicted octanol–water partition coefficient (Wildman–Crippen LogP) is -0.642. The summed E-state index contributed by atoms with van der Waals surface area (Å²) in [5, 5.41) is 3.29. The summed E-state index contributed by atoms with van der Waals surface area (Å²) in [6.45, 7) is 7.61. The number of likely N-dealkylation sites (tertiary alicyclic amines) is 1. The van der Waals surface area contributed by atoms with Gasteiger partial charge in [0.15, 0.2) is 0 Å². The van der Waals surface area contributed by atoms with E-state index in [2.05, 4.69) is 29.2 Å². The van der Waals surface area contributed by atoms with Crippen LogP contribution in [0.4, 0.5) is 0 Å². The molecule has 2 aliphatic heterocycles. The number of rotatable bonds is 4. The molecule has 2 unspecified atom stereocenters. The molecule has 2 rings (SSSR count). The minimum Gasteiger partial charge on any atom is -0.304 e. The Morgan fingerprint density at radius 1 is 1.25 bits per heavy atom. The van der Waals surface area contributed by atoms with Crippen molar-refractivity contribution in [1.82, 2.24) is 20.0 Å². The first kappa shape index (κ1) is 15.4. The molecular weight excluding hydrogens is 256 g/mol. The van der Waals surface area contributed by atoms with Gasteiger partial charge in [0, 0.05) is 38.3 Å². The van der Waals surface area contributed by atoms with Crippen LogP contribution in [0, 0.1) is 0 Å². The number of imide groups is 1. The monoisotopic (exact) mass is 282 g/mol. The van der Waals surface area contributed by atoms with Gasteiger partial charge in [-0.25, -0.2) is 0 Å². The fraction of sp³-hybridized carbons (Fsp3) is 0.857. The largest absolute Gasteiger partial charge is 0.304 e. The van der Waals surface area contributed by atoms with E-state index in [1.807, 2.05) is 13.8 Å². The highest BCUT2D eigenvalue weighted by molar-refractivity contribution is 6.05. The van der Waals surface area contributed by atoms with Crippen LogP contribution in [0.3, 0.4) is 0 Å². The number of nitrogens with zero attached hydrogens (tertiary/aromatic N) is 3. The molecule has 2 saturated heterocycles. The first-order valence-electron chi connectivity index (χ1n) is 7.38. The van der Waals surface area contributed by atoms with Gasteiger partial charge in [0.25, 0.3) is 0 Å². The Hall–Kier alpha value is -0.980. The number of hydrogen-bond donors (Lipinski definition) is 1. The average Bonchev–Trinajstić information content (AvgIpc) is 2.65. The Labute approximate surface area is 121 Å². The normalized spacial score (nSPS) is 29.8. The molecule has 2 atom stereocenters. The van der Waals surface area contributed by atoms with Gasteiger partial charge in [0.05, 0.1) is 12.5 Å². The Bertz CT molecular complexity index is 385. The van der Waals surface area contributed by atoms with E-state index in [-0.39, 0.29) is 23.9 Å². The molecule has 0 spiro atoms. The molecule has 0 bridgehead atoms. The lowest BCUT2D eigenvalue weighted by atomic mass is 10.1. The number of carbonyl (C=O) groups is 2. The van der Waals surface area contributed by atoms with Gasteiger partial charge in [-0.2, -0.15) is 0 Å².